The first-order chi connectivity index (χ1) is 7.79. The molecule has 0 bridgehead atoms. The summed E-state index contributed by atoms with van der Waals surface area (Å²) in [6.45, 7) is 1.54. The van der Waals surface area contributed by atoms with Gasteiger partial charge in [-0.1, -0.05) is 0 Å². The lowest BCUT2D eigenvalue weighted by atomic mass is 10.1. The van der Waals surface area contributed by atoms with Gasteiger partial charge >= 0.3 is 0 Å². The topological polar surface area (TPSA) is 71.1 Å². The average molecular weight is 217 g/mol. The zero-order valence-electron chi connectivity index (χ0n) is 9.07. The number of rotatable bonds is 2. The van der Waals surface area contributed by atoms with E-state index in [0.29, 0.717) is 23.9 Å². The zero-order chi connectivity index (χ0) is 11.4. The van der Waals surface area contributed by atoms with Crippen LogP contribution in [0, 0.1) is 11.3 Å². The third-order valence-corrected chi connectivity index (χ3v) is 2.70. The summed E-state index contributed by atoms with van der Waals surface area (Å²) in [5.74, 6) is 0. The minimum absolute atomic E-state index is 0.296. The van der Waals surface area contributed by atoms with Crippen LogP contribution in [-0.2, 0) is 4.74 Å². The monoisotopic (exact) mass is 217 g/mol. The van der Waals surface area contributed by atoms with Crippen LogP contribution < -0.4 is 11.1 Å². The highest BCUT2D eigenvalue weighted by atomic mass is 16.5. The first-order valence-electron chi connectivity index (χ1n) is 5.43. The van der Waals surface area contributed by atoms with Gasteiger partial charge in [-0.3, -0.25) is 0 Å². The Balaban J connectivity index is 2.10. The summed E-state index contributed by atoms with van der Waals surface area (Å²) < 4.78 is 5.38. The Morgan fingerprint density at radius 3 is 3.06 bits per heavy atom. The lowest BCUT2D eigenvalue weighted by Crippen LogP contribution is -2.30. The summed E-state index contributed by atoms with van der Waals surface area (Å²) in [5, 5.41) is 12.1. The number of nitrogens with two attached hydrogens (primary N) is 1. The molecule has 4 nitrogen and oxygen atoms in total. The fourth-order valence-corrected chi connectivity index (χ4v) is 1.83. The summed E-state index contributed by atoms with van der Waals surface area (Å²) in [7, 11) is 0. The van der Waals surface area contributed by atoms with Crippen molar-refractivity contribution in [2.24, 2.45) is 0 Å². The van der Waals surface area contributed by atoms with E-state index >= 15 is 0 Å². The van der Waals surface area contributed by atoms with Crippen molar-refractivity contribution in [1.82, 2.24) is 0 Å². The van der Waals surface area contributed by atoms with Gasteiger partial charge in [-0.2, -0.15) is 5.26 Å². The molecule has 16 heavy (non-hydrogen) atoms. The molecule has 0 aromatic heterocycles. The van der Waals surface area contributed by atoms with Crippen molar-refractivity contribution in [3.63, 3.8) is 0 Å². The number of benzene rings is 1. The summed E-state index contributed by atoms with van der Waals surface area (Å²) in [5.41, 5.74) is 7.97. The lowest BCUT2D eigenvalue weighted by molar-refractivity contribution is 0.0876. The average Bonchev–Trinajstić information content (AvgIpc) is 2.33. The van der Waals surface area contributed by atoms with Gasteiger partial charge < -0.3 is 15.8 Å². The molecule has 1 atom stereocenters. The fraction of sp³-hybridized carbons (Fsp3) is 0.417. The highest BCUT2D eigenvalue weighted by molar-refractivity contribution is 5.68. The van der Waals surface area contributed by atoms with E-state index in [1.54, 1.807) is 18.2 Å². The molecule has 84 valence electrons. The molecule has 4 heteroatoms. The number of anilines is 2. The molecule has 0 spiro atoms. The maximum atomic E-state index is 8.82. The Hall–Kier alpha value is -1.73. The molecule has 0 aliphatic carbocycles. The number of nitriles is 1. The molecular weight excluding hydrogens is 202 g/mol. The quantitative estimate of drug-likeness (QED) is 0.740. The van der Waals surface area contributed by atoms with E-state index in [2.05, 4.69) is 11.4 Å². The largest absolute Gasteiger partial charge is 0.397 e. The van der Waals surface area contributed by atoms with Crippen molar-refractivity contribution in [3.8, 4) is 6.07 Å². The predicted molar refractivity (Wildman–Crippen MR) is 63.0 cm³/mol. The molecular formula is C12H15N3O. The number of nitrogens with zero attached hydrogens (tertiary/aromatic N) is 1. The van der Waals surface area contributed by atoms with Crippen LogP contribution in [0.5, 0.6) is 0 Å². The van der Waals surface area contributed by atoms with E-state index in [1.165, 1.54) is 0 Å². The van der Waals surface area contributed by atoms with Crippen molar-refractivity contribution in [2.45, 2.75) is 18.9 Å². The van der Waals surface area contributed by atoms with Gasteiger partial charge in [-0.15, -0.1) is 0 Å². The fourth-order valence-electron chi connectivity index (χ4n) is 1.83. The van der Waals surface area contributed by atoms with Gasteiger partial charge in [0.15, 0.2) is 0 Å². The van der Waals surface area contributed by atoms with Crippen LogP contribution >= 0.6 is 0 Å². The molecule has 0 radical (unpaired) electrons. The minimum atomic E-state index is 0.296. The van der Waals surface area contributed by atoms with E-state index in [-0.39, 0.29) is 0 Å². The predicted octanol–water partition coefficient (Wildman–Crippen LogP) is 1.73. The van der Waals surface area contributed by atoms with Crippen LogP contribution in [0.3, 0.4) is 0 Å². The third kappa shape index (κ3) is 2.44. The highest BCUT2D eigenvalue weighted by Gasteiger charge is 2.14. The molecule has 0 amide bonds. The Morgan fingerprint density at radius 2 is 2.38 bits per heavy atom. The van der Waals surface area contributed by atoms with E-state index in [1.807, 2.05) is 0 Å². The molecule has 1 unspecified atom stereocenters. The highest BCUT2D eigenvalue weighted by Crippen LogP contribution is 2.22. The van der Waals surface area contributed by atoms with Crippen LogP contribution in [0.4, 0.5) is 11.4 Å². The summed E-state index contributed by atoms with van der Waals surface area (Å²) >= 11 is 0. The van der Waals surface area contributed by atoms with Gasteiger partial charge in [0.25, 0.3) is 0 Å². The van der Waals surface area contributed by atoms with Crippen LogP contribution in [-0.4, -0.2) is 19.3 Å². The molecule has 1 aliphatic rings. The zero-order valence-corrected chi connectivity index (χ0v) is 9.07. The Morgan fingerprint density at radius 1 is 1.50 bits per heavy atom. The first-order valence-corrected chi connectivity index (χ1v) is 5.43. The Bertz CT molecular complexity index is 405. The summed E-state index contributed by atoms with van der Waals surface area (Å²) in [4.78, 5) is 0. The molecule has 1 aromatic carbocycles. The van der Waals surface area contributed by atoms with Crippen molar-refractivity contribution in [2.75, 3.05) is 24.3 Å². The Kier molecular flexibility index (Phi) is 3.28. The van der Waals surface area contributed by atoms with Gasteiger partial charge in [0, 0.05) is 12.6 Å². The second-order valence-electron chi connectivity index (χ2n) is 3.97. The normalized spacial score (nSPS) is 20.1. The van der Waals surface area contributed by atoms with Gasteiger partial charge in [0.1, 0.15) is 0 Å². The molecule has 0 saturated carbocycles. The Labute approximate surface area is 95.0 Å². The summed E-state index contributed by atoms with van der Waals surface area (Å²) in [6.07, 6.45) is 2.14. The number of ether oxygens (including phenoxy) is 1. The SMILES string of the molecule is N#Cc1ccc(N)c(NC2CCCOC2)c1. The molecule has 1 aliphatic heterocycles. The standard InChI is InChI=1S/C12H15N3O/c13-7-9-3-4-11(14)12(6-9)15-10-2-1-5-16-8-10/h3-4,6,10,15H,1-2,5,8,14H2. The van der Waals surface area contributed by atoms with Crippen LogP contribution in [0.1, 0.15) is 18.4 Å². The number of nitrogen functional groups attached to an aromatic ring is 1. The maximum Gasteiger partial charge on any atom is 0.0992 e. The molecule has 1 heterocycles. The van der Waals surface area contributed by atoms with Crippen LogP contribution in [0.15, 0.2) is 18.2 Å². The molecule has 1 fully saturated rings. The van der Waals surface area contributed by atoms with Crippen LogP contribution in [0.2, 0.25) is 0 Å². The van der Waals surface area contributed by atoms with Crippen molar-refractivity contribution >= 4 is 11.4 Å². The number of nitrogens with one attached hydrogen (secondary N) is 1. The lowest BCUT2D eigenvalue weighted by Gasteiger charge is -2.24. The van der Waals surface area contributed by atoms with Crippen molar-refractivity contribution < 1.29 is 4.74 Å². The van der Waals surface area contributed by atoms with Gasteiger partial charge in [0.2, 0.25) is 0 Å². The second kappa shape index (κ2) is 4.86. The van der Waals surface area contributed by atoms with E-state index in [0.717, 1.165) is 25.1 Å². The van der Waals surface area contributed by atoms with Crippen molar-refractivity contribution in [1.29, 1.82) is 5.26 Å². The first kappa shape index (κ1) is 10.8. The smallest absolute Gasteiger partial charge is 0.0992 e. The van der Waals surface area contributed by atoms with Gasteiger partial charge in [-0.25, -0.2) is 0 Å². The van der Waals surface area contributed by atoms with E-state index in [9.17, 15) is 0 Å². The number of hydrogen-bond donors (Lipinski definition) is 2. The van der Waals surface area contributed by atoms with E-state index < -0.39 is 0 Å². The van der Waals surface area contributed by atoms with Crippen LogP contribution in [0.25, 0.3) is 0 Å². The van der Waals surface area contributed by atoms with Gasteiger partial charge in [0.05, 0.1) is 29.6 Å². The number of hydrogen-bond acceptors (Lipinski definition) is 4. The molecule has 1 aromatic rings. The summed E-state index contributed by atoms with van der Waals surface area (Å²) in [6, 6.07) is 7.66. The maximum absolute atomic E-state index is 8.82. The minimum Gasteiger partial charge on any atom is -0.397 e. The molecule has 2 rings (SSSR count). The second-order valence-corrected chi connectivity index (χ2v) is 3.97. The van der Waals surface area contributed by atoms with E-state index in [4.69, 9.17) is 15.7 Å². The van der Waals surface area contributed by atoms with Crippen molar-refractivity contribution in [3.05, 3.63) is 23.8 Å². The molecule has 3 N–H and O–H groups in total. The van der Waals surface area contributed by atoms with Gasteiger partial charge in [-0.05, 0) is 31.0 Å². The molecule has 1 saturated heterocycles. The third-order valence-electron chi connectivity index (χ3n) is 2.70.